The summed E-state index contributed by atoms with van der Waals surface area (Å²) in [6.45, 7) is 4.21. The molecule has 0 radical (unpaired) electrons. The molecule has 0 saturated carbocycles. The van der Waals surface area contributed by atoms with Crippen LogP contribution in [0.5, 0.6) is 0 Å². The zero-order valence-electron chi connectivity index (χ0n) is 14.5. The highest BCUT2D eigenvalue weighted by atomic mass is 79.9. The first-order valence-corrected chi connectivity index (χ1v) is 11.3. The summed E-state index contributed by atoms with van der Waals surface area (Å²) in [4.78, 5) is 13.7. The maximum absolute atomic E-state index is 12.9. The third-order valence-corrected chi connectivity index (χ3v) is 8.19. The van der Waals surface area contributed by atoms with Crippen molar-refractivity contribution in [2.24, 2.45) is 5.92 Å². The van der Waals surface area contributed by atoms with Gasteiger partial charge >= 0.3 is 0 Å². The minimum absolute atomic E-state index is 0.113. The van der Waals surface area contributed by atoms with Crippen LogP contribution in [0.1, 0.15) is 29.2 Å². The van der Waals surface area contributed by atoms with Crippen molar-refractivity contribution in [1.82, 2.24) is 14.8 Å². The lowest BCUT2D eigenvalue weighted by Crippen LogP contribution is -2.45. The van der Waals surface area contributed by atoms with E-state index in [-0.39, 0.29) is 29.0 Å². The van der Waals surface area contributed by atoms with E-state index in [0.717, 1.165) is 9.35 Å². The third-order valence-electron chi connectivity index (χ3n) is 4.38. The number of halogens is 1. The van der Waals surface area contributed by atoms with Crippen molar-refractivity contribution < 1.29 is 17.7 Å². The Bertz CT molecular complexity index is 887. The molecule has 10 heteroatoms. The van der Waals surface area contributed by atoms with Gasteiger partial charge in [0.1, 0.15) is 10.6 Å². The summed E-state index contributed by atoms with van der Waals surface area (Å²) in [5.41, 5.74) is 0.345. The van der Waals surface area contributed by atoms with Gasteiger partial charge in [-0.25, -0.2) is 8.42 Å². The van der Waals surface area contributed by atoms with E-state index in [1.54, 1.807) is 25.2 Å². The van der Waals surface area contributed by atoms with Crippen molar-refractivity contribution in [3.63, 3.8) is 0 Å². The molecule has 26 heavy (non-hydrogen) atoms. The van der Waals surface area contributed by atoms with E-state index in [1.807, 2.05) is 11.4 Å². The van der Waals surface area contributed by atoms with E-state index >= 15 is 0 Å². The minimum atomic E-state index is -3.72. The van der Waals surface area contributed by atoms with Crippen molar-refractivity contribution in [2.75, 3.05) is 13.1 Å². The van der Waals surface area contributed by atoms with Crippen LogP contribution in [0, 0.1) is 19.8 Å². The van der Waals surface area contributed by atoms with E-state index in [2.05, 4.69) is 26.4 Å². The summed E-state index contributed by atoms with van der Waals surface area (Å²) in [6.07, 6.45) is 1.32. The molecular formula is C16H20BrN3O4S2. The fourth-order valence-corrected chi connectivity index (χ4v) is 6.32. The molecule has 1 fully saturated rings. The lowest BCUT2D eigenvalue weighted by atomic mass is 9.99. The van der Waals surface area contributed by atoms with E-state index in [1.165, 1.54) is 4.31 Å². The Labute approximate surface area is 164 Å². The van der Waals surface area contributed by atoms with Gasteiger partial charge in [0.15, 0.2) is 5.76 Å². The number of aromatic nitrogens is 1. The quantitative estimate of drug-likeness (QED) is 0.738. The fraction of sp³-hybridized carbons (Fsp3) is 0.500. The number of aryl methyl sites for hydroxylation is 2. The smallest absolute Gasteiger partial charge is 0.248 e. The molecule has 0 aliphatic carbocycles. The van der Waals surface area contributed by atoms with Gasteiger partial charge < -0.3 is 9.84 Å². The number of carbonyl (C=O) groups is 1. The molecule has 142 valence electrons. The summed E-state index contributed by atoms with van der Waals surface area (Å²) in [5, 5.41) is 8.60. The van der Waals surface area contributed by atoms with Crippen molar-refractivity contribution in [3.8, 4) is 0 Å². The molecule has 2 aromatic rings. The van der Waals surface area contributed by atoms with Crippen molar-refractivity contribution in [1.29, 1.82) is 0 Å². The summed E-state index contributed by atoms with van der Waals surface area (Å²) in [5.74, 6) is -0.201. The number of amides is 1. The molecule has 3 heterocycles. The van der Waals surface area contributed by atoms with Crippen LogP contribution in [0.3, 0.4) is 0 Å². The van der Waals surface area contributed by atoms with Crippen LogP contribution in [0.4, 0.5) is 0 Å². The Balaban J connectivity index is 1.68. The van der Waals surface area contributed by atoms with Gasteiger partial charge in [-0.1, -0.05) is 5.16 Å². The van der Waals surface area contributed by atoms with Gasteiger partial charge in [0.2, 0.25) is 15.9 Å². The summed E-state index contributed by atoms with van der Waals surface area (Å²) >= 11 is 4.95. The monoisotopic (exact) mass is 461 g/mol. The van der Waals surface area contributed by atoms with Gasteiger partial charge in [-0.15, -0.1) is 11.3 Å². The number of rotatable bonds is 5. The highest BCUT2D eigenvalue weighted by molar-refractivity contribution is 9.10. The largest absolute Gasteiger partial charge is 0.360 e. The lowest BCUT2D eigenvalue weighted by molar-refractivity contribution is -0.126. The Morgan fingerprint density at radius 2 is 2.27 bits per heavy atom. The number of nitrogens with zero attached hydrogens (tertiary/aromatic N) is 2. The number of carbonyl (C=O) groups excluding carboxylic acids is 1. The molecule has 1 N–H and O–H groups in total. The average molecular weight is 462 g/mol. The second-order valence-corrected chi connectivity index (χ2v) is 10.1. The first kappa shape index (κ1) is 19.5. The normalized spacial score (nSPS) is 18.8. The average Bonchev–Trinajstić information content (AvgIpc) is 3.18. The van der Waals surface area contributed by atoms with Gasteiger partial charge in [0, 0.05) is 27.8 Å². The van der Waals surface area contributed by atoms with Crippen LogP contribution >= 0.6 is 27.3 Å². The Morgan fingerprint density at radius 3 is 2.88 bits per heavy atom. The molecule has 2 aromatic heterocycles. The number of hydrogen-bond acceptors (Lipinski definition) is 6. The second-order valence-electron chi connectivity index (χ2n) is 6.30. The zero-order chi connectivity index (χ0) is 18.9. The molecule has 1 aliphatic heterocycles. The number of thiophene rings is 1. The molecule has 3 rings (SSSR count). The highest BCUT2D eigenvalue weighted by Crippen LogP contribution is 2.28. The maximum atomic E-state index is 12.9. The lowest BCUT2D eigenvalue weighted by Gasteiger charge is -2.31. The van der Waals surface area contributed by atoms with Gasteiger partial charge in [-0.05, 0) is 48.7 Å². The first-order chi connectivity index (χ1) is 12.3. The van der Waals surface area contributed by atoms with Crippen LogP contribution in [-0.2, 0) is 21.4 Å². The Morgan fingerprint density at radius 1 is 1.50 bits per heavy atom. The molecule has 0 aromatic carbocycles. The van der Waals surface area contributed by atoms with Crippen molar-refractivity contribution in [2.45, 2.75) is 38.1 Å². The maximum Gasteiger partial charge on any atom is 0.248 e. The molecule has 0 spiro atoms. The van der Waals surface area contributed by atoms with Crippen LogP contribution in [0.15, 0.2) is 25.3 Å². The van der Waals surface area contributed by atoms with Crippen molar-refractivity contribution in [3.05, 3.63) is 32.3 Å². The zero-order valence-corrected chi connectivity index (χ0v) is 17.7. The molecule has 1 amide bonds. The topological polar surface area (TPSA) is 92.5 Å². The predicted molar refractivity (Wildman–Crippen MR) is 101 cm³/mol. The molecule has 0 bridgehead atoms. The molecule has 1 aliphatic rings. The predicted octanol–water partition coefficient (Wildman–Crippen LogP) is 2.83. The number of nitrogens with one attached hydrogen (secondary N) is 1. The Kier molecular flexibility index (Phi) is 5.85. The fourth-order valence-electron chi connectivity index (χ4n) is 3.11. The molecule has 1 unspecified atom stereocenters. The summed E-state index contributed by atoms with van der Waals surface area (Å²) in [7, 11) is -3.72. The first-order valence-electron chi connectivity index (χ1n) is 8.22. The van der Waals surface area contributed by atoms with Gasteiger partial charge in [0.25, 0.3) is 0 Å². The van der Waals surface area contributed by atoms with E-state index in [4.69, 9.17) is 4.52 Å². The molecule has 1 atom stereocenters. The van der Waals surface area contributed by atoms with Crippen LogP contribution in [-0.4, -0.2) is 36.9 Å². The Hall–Kier alpha value is -1.23. The van der Waals surface area contributed by atoms with Crippen LogP contribution in [0.2, 0.25) is 0 Å². The third kappa shape index (κ3) is 4.03. The van der Waals surface area contributed by atoms with Crippen molar-refractivity contribution >= 4 is 43.2 Å². The molecule has 7 nitrogen and oxygen atoms in total. The highest BCUT2D eigenvalue weighted by Gasteiger charge is 2.36. The number of hydrogen-bond donors (Lipinski definition) is 1. The van der Waals surface area contributed by atoms with Gasteiger partial charge in [-0.2, -0.15) is 4.31 Å². The molecule has 1 saturated heterocycles. The SMILES string of the molecule is Cc1noc(C)c1S(=O)(=O)N1CCCC(C(=O)NCc2cc(Br)cs2)C1. The molecular weight excluding hydrogens is 442 g/mol. The minimum Gasteiger partial charge on any atom is -0.360 e. The van der Waals surface area contributed by atoms with Crippen LogP contribution < -0.4 is 5.32 Å². The summed E-state index contributed by atoms with van der Waals surface area (Å²) in [6, 6.07) is 1.96. The van der Waals surface area contributed by atoms with E-state index < -0.39 is 10.0 Å². The standard InChI is InChI=1S/C16H20BrN3O4S2/c1-10-15(11(2)24-19-10)26(22,23)20-5-3-4-12(8-20)16(21)18-7-14-6-13(17)9-25-14/h6,9,12H,3-5,7-8H2,1-2H3,(H,18,21). The number of piperidine rings is 1. The van der Waals surface area contributed by atoms with E-state index in [9.17, 15) is 13.2 Å². The number of sulfonamides is 1. The van der Waals surface area contributed by atoms with Crippen LogP contribution in [0.25, 0.3) is 0 Å². The van der Waals surface area contributed by atoms with E-state index in [0.29, 0.717) is 31.6 Å². The van der Waals surface area contributed by atoms with Gasteiger partial charge in [0.05, 0.1) is 12.5 Å². The van der Waals surface area contributed by atoms with Gasteiger partial charge in [-0.3, -0.25) is 4.79 Å². The second kappa shape index (κ2) is 7.79. The summed E-state index contributed by atoms with van der Waals surface area (Å²) < 4.78 is 33.2.